The molecule has 0 aliphatic carbocycles. The smallest absolute Gasteiger partial charge is 0.162 e. The number of hydrogen-bond donors (Lipinski definition) is 0. The number of para-hydroxylation sites is 1. The lowest BCUT2D eigenvalue weighted by Crippen LogP contribution is -2.21. The Morgan fingerprint density at radius 3 is 2.39 bits per heavy atom. The summed E-state index contributed by atoms with van der Waals surface area (Å²) in [5, 5.41) is 1.82. The molecule has 0 unspecified atom stereocenters. The van der Waals surface area contributed by atoms with E-state index in [0.717, 1.165) is 52.6 Å². The molecule has 5 rings (SSSR count). The molecule has 0 N–H and O–H groups in total. The van der Waals surface area contributed by atoms with Crippen LogP contribution in [0.5, 0.6) is 0 Å². The molecule has 1 fully saturated rings. The third-order valence-electron chi connectivity index (χ3n) is 5.44. The van der Waals surface area contributed by atoms with Gasteiger partial charge in [-0.1, -0.05) is 54.1 Å². The highest BCUT2D eigenvalue weighted by molar-refractivity contribution is 6.30. The van der Waals surface area contributed by atoms with Gasteiger partial charge in [0.05, 0.1) is 5.52 Å². The number of anilines is 1. The Morgan fingerprint density at radius 1 is 0.821 bits per heavy atom. The fourth-order valence-corrected chi connectivity index (χ4v) is 4.10. The average molecular weight is 386 g/mol. The van der Waals surface area contributed by atoms with Gasteiger partial charge in [-0.05, 0) is 48.4 Å². The van der Waals surface area contributed by atoms with E-state index in [1.165, 1.54) is 5.56 Å². The van der Waals surface area contributed by atoms with Crippen LogP contribution in [0.15, 0.2) is 78.9 Å². The SMILES string of the molecule is Clc1ccc(-c2nc(N3CC[C@@H](c4ccccc4)C3)c3ccccc3n2)cc1. The van der Waals surface area contributed by atoms with E-state index in [2.05, 4.69) is 53.4 Å². The second-order valence-corrected chi connectivity index (χ2v) is 7.67. The summed E-state index contributed by atoms with van der Waals surface area (Å²) < 4.78 is 0. The Labute approximate surface area is 169 Å². The van der Waals surface area contributed by atoms with E-state index in [0.29, 0.717) is 5.92 Å². The Morgan fingerprint density at radius 2 is 1.57 bits per heavy atom. The largest absolute Gasteiger partial charge is 0.355 e. The molecule has 28 heavy (non-hydrogen) atoms. The molecule has 0 saturated carbocycles. The van der Waals surface area contributed by atoms with E-state index in [-0.39, 0.29) is 0 Å². The topological polar surface area (TPSA) is 29.0 Å². The van der Waals surface area contributed by atoms with Crippen molar-refractivity contribution in [3.05, 3.63) is 89.4 Å². The zero-order chi connectivity index (χ0) is 18.9. The van der Waals surface area contributed by atoms with Gasteiger partial charge in [-0.2, -0.15) is 0 Å². The zero-order valence-electron chi connectivity index (χ0n) is 15.4. The molecule has 4 aromatic rings. The second kappa shape index (κ2) is 7.25. The van der Waals surface area contributed by atoms with Crippen molar-refractivity contribution in [2.45, 2.75) is 12.3 Å². The summed E-state index contributed by atoms with van der Waals surface area (Å²) in [6.45, 7) is 1.98. The molecule has 0 amide bonds. The molecule has 1 saturated heterocycles. The van der Waals surface area contributed by atoms with Crippen molar-refractivity contribution in [3.8, 4) is 11.4 Å². The van der Waals surface area contributed by atoms with Crippen molar-refractivity contribution < 1.29 is 0 Å². The van der Waals surface area contributed by atoms with Gasteiger partial charge in [0.15, 0.2) is 5.82 Å². The summed E-state index contributed by atoms with van der Waals surface area (Å²) in [7, 11) is 0. The molecule has 1 aromatic heterocycles. The molecule has 0 bridgehead atoms. The van der Waals surface area contributed by atoms with Crippen LogP contribution in [0.25, 0.3) is 22.3 Å². The van der Waals surface area contributed by atoms with E-state index < -0.39 is 0 Å². The lowest BCUT2D eigenvalue weighted by atomic mass is 9.99. The molecular weight excluding hydrogens is 366 g/mol. The van der Waals surface area contributed by atoms with Gasteiger partial charge in [0.25, 0.3) is 0 Å². The van der Waals surface area contributed by atoms with Crippen molar-refractivity contribution in [1.82, 2.24) is 9.97 Å². The first-order chi connectivity index (χ1) is 13.8. The van der Waals surface area contributed by atoms with Gasteiger partial charge in [0.2, 0.25) is 0 Å². The van der Waals surface area contributed by atoms with E-state index in [1.807, 2.05) is 30.3 Å². The van der Waals surface area contributed by atoms with Crippen LogP contribution in [0.4, 0.5) is 5.82 Å². The zero-order valence-corrected chi connectivity index (χ0v) is 16.2. The number of halogens is 1. The highest BCUT2D eigenvalue weighted by Gasteiger charge is 2.26. The molecule has 138 valence electrons. The van der Waals surface area contributed by atoms with Crippen LogP contribution >= 0.6 is 11.6 Å². The van der Waals surface area contributed by atoms with Crippen molar-refractivity contribution >= 4 is 28.3 Å². The van der Waals surface area contributed by atoms with Crippen LogP contribution in [-0.4, -0.2) is 23.1 Å². The van der Waals surface area contributed by atoms with Crippen LogP contribution in [0.3, 0.4) is 0 Å². The monoisotopic (exact) mass is 385 g/mol. The van der Waals surface area contributed by atoms with Crippen molar-refractivity contribution in [3.63, 3.8) is 0 Å². The molecule has 0 radical (unpaired) electrons. The molecule has 0 spiro atoms. The Hall–Kier alpha value is -2.91. The Balaban J connectivity index is 1.56. The van der Waals surface area contributed by atoms with E-state index >= 15 is 0 Å². The summed E-state index contributed by atoms with van der Waals surface area (Å²) in [6, 6.07) is 26.8. The fraction of sp³-hybridized carbons (Fsp3) is 0.167. The Kier molecular flexibility index (Phi) is 4.46. The minimum absolute atomic E-state index is 0.536. The van der Waals surface area contributed by atoms with Crippen LogP contribution in [0.1, 0.15) is 17.9 Å². The first-order valence-corrected chi connectivity index (χ1v) is 9.98. The van der Waals surface area contributed by atoms with Gasteiger partial charge in [-0.3, -0.25) is 0 Å². The van der Waals surface area contributed by atoms with Crippen LogP contribution in [0.2, 0.25) is 5.02 Å². The molecule has 4 heteroatoms. The maximum Gasteiger partial charge on any atom is 0.162 e. The highest BCUT2D eigenvalue weighted by atomic mass is 35.5. The Bertz CT molecular complexity index is 1110. The van der Waals surface area contributed by atoms with Crippen LogP contribution < -0.4 is 4.90 Å². The molecule has 1 aliphatic heterocycles. The second-order valence-electron chi connectivity index (χ2n) is 7.24. The number of rotatable bonds is 3. The summed E-state index contributed by atoms with van der Waals surface area (Å²) in [5.74, 6) is 2.30. The molecule has 3 aromatic carbocycles. The first-order valence-electron chi connectivity index (χ1n) is 9.60. The molecule has 3 nitrogen and oxygen atoms in total. The summed E-state index contributed by atoms with van der Waals surface area (Å²) >= 11 is 6.05. The van der Waals surface area contributed by atoms with Crippen molar-refractivity contribution in [1.29, 1.82) is 0 Å². The molecular formula is C24H20ClN3. The first kappa shape index (κ1) is 17.2. The predicted molar refractivity (Wildman–Crippen MR) is 116 cm³/mol. The van der Waals surface area contributed by atoms with E-state index in [4.69, 9.17) is 21.6 Å². The number of aromatic nitrogens is 2. The maximum atomic E-state index is 6.05. The summed E-state index contributed by atoms with van der Waals surface area (Å²) in [6.07, 6.45) is 1.14. The van der Waals surface area contributed by atoms with Crippen molar-refractivity contribution in [2.75, 3.05) is 18.0 Å². The maximum absolute atomic E-state index is 6.05. The lowest BCUT2D eigenvalue weighted by Gasteiger charge is -2.20. The van der Waals surface area contributed by atoms with Crippen molar-refractivity contribution in [2.24, 2.45) is 0 Å². The lowest BCUT2D eigenvalue weighted by molar-refractivity contribution is 0.774. The molecule has 2 heterocycles. The minimum Gasteiger partial charge on any atom is -0.355 e. The number of fused-ring (bicyclic) bond motifs is 1. The van der Waals surface area contributed by atoms with E-state index in [9.17, 15) is 0 Å². The normalized spacial score (nSPS) is 16.6. The third kappa shape index (κ3) is 3.23. The van der Waals surface area contributed by atoms with Gasteiger partial charge in [0, 0.05) is 35.0 Å². The quantitative estimate of drug-likeness (QED) is 0.436. The fourth-order valence-electron chi connectivity index (χ4n) is 3.98. The molecule has 1 atom stereocenters. The number of nitrogens with zero attached hydrogens (tertiary/aromatic N) is 3. The van der Waals surface area contributed by atoms with Crippen LogP contribution in [-0.2, 0) is 0 Å². The standard InChI is InChI=1S/C24H20ClN3/c25-20-12-10-18(11-13-20)23-26-22-9-5-4-8-21(22)24(27-23)28-15-14-19(16-28)17-6-2-1-3-7-17/h1-13,19H,14-16H2/t19-/m1/s1. The average Bonchev–Trinajstić information content (AvgIpc) is 3.24. The van der Waals surface area contributed by atoms with Gasteiger partial charge >= 0.3 is 0 Å². The highest BCUT2D eigenvalue weighted by Crippen LogP contribution is 2.34. The van der Waals surface area contributed by atoms with Gasteiger partial charge in [-0.15, -0.1) is 0 Å². The minimum atomic E-state index is 0.536. The summed E-state index contributed by atoms with van der Waals surface area (Å²) in [4.78, 5) is 12.2. The molecule has 1 aliphatic rings. The number of benzene rings is 3. The van der Waals surface area contributed by atoms with E-state index in [1.54, 1.807) is 0 Å². The van der Waals surface area contributed by atoms with Gasteiger partial charge in [-0.25, -0.2) is 9.97 Å². The number of hydrogen-bond acceptors (Lipinski definition) is 3. The van der Waals surface area contributed by atoms with Crippen LogP contribution in [0, 0.1) is 0 Å². The predicted octanol–water partition coefficient (Wildman–Crippen LogP) is 5.94. The van der Waals surface area contributed by atoms with Gasteiger partial charge < -0.3 is 4.90 Å². The third-order valence-corrected chi connectivity index (χ3v) is 5.70. The summed E-state index contributed by atoms with van der Waals surface area (Å²) in [5.41, 5.74) is 3.36. The van der Waals surface area contributed by atoms with Gasteiger partial charge in [0.1, 0.15) is 5.82 Å².